The van der Waals surface area contributed by atoms with Crippen molar-refractivity contribution in [3.8, 4) is 11.1 Å². The average Bonchev–Trinajstić information content (AvgIpc) is 2.48. The van der Waals surface area contributed by atoms with Crippen LogP contribution in [-0.2, 0) is 6.61 Å². The fourth-order valence-electron chi connectivity index (χ4n) is 2.48. The van der Waals surface area contributed by atoms with E-state index in [0.717, 1.165) is 27.7 Å². The van der Waals surface area contributed by atoms with E-state index in [-0.39, 0.29) is 6.61 Å². The van der Waals surface area contributed by atoms with E-state index in [1.807, 2.05) is 37.3 Å². The lowest BCUT2D eigenvalue weighted by atomic mass is 9.99. The summed E-state index contributed by atoms with van der Waals surface area (Å²) in [6, 6.07) is 16.5. The monoisotopic (exact) mass is 263 g/mol. The van der Waals surface area contributed by atoms with Crippen LogP contribution in [-0.4, -0.2) is 10.1 Å². The summed E-state index contributed by atoms with van der Waals surface area (Å²) in [4.78, 5) is 4.60. The van der Waals surface area contributed by atoms with Crippen LogP contribution in [0.5, 0.6) is 0 Å². The molecule has 0 saturated carbocycles. The van der Waals surface area contributed by atoms with Crippen molar-refractivity contribution in [1.29, 1.82) is 0 Å². The van der Waals surface area contributed by atoms with E-state index in [2.05, 4.69) is 30.1 Å². The van der Waals surface area contributed by atoms with Gasteiger partial charge >= 0.3 is 0 Å². The minimum Gasteiger partial charge on any atom is -0.392 e. The Morgan fingerprint density at radius 3 is 2.35 bits per heavy atom. The predicted octanol–water partition coefficient (Wildman–Crippen LogP) is 4.01. The van der Waals surface area contributed by atoms with E-state index < -0.39 is 0 Å². The quantitative estimate of drug-likeness (QED) is 0.757. The Hall–Kier alpha value is -2.19. The number of hydrogen-bond acceptors (Lipinski definition) is 2. The zero-order valence-electron chi connectivity index (χ0n) is 11.7. The van der Waals surface area contributed by atoms with Crippen LogP contribution in [0, 0.1) is 13.8 Å². The van der Waals surface area contributed by atoms with Gasteiger partial charge in [0.15, 0.2) is 0 Å². The van der Waals surface area contributed by atoms with Gasteiger partial charge < -0.3 is 5.11 Å². The fourth-order valence-corrected chi connectivity index (χ4v) is 2.48. The number of rotatable bonds is 2. The fraction of sp³-hybridized carbons (Fsp3) is 0.167. The van der Waals surface area contributed by atoms with Gasteiger partial charge in [0.25, 0.3) is 0 Å². The number of pyridine rings is 1. The van der Waals surface area contributed by atoms with Crippen LogP contribution in [0.4, 0.5) is 0 Å². The average molecular weight is 263 g/mol. The van der Waals surface area contributed by atoms with Crippen LogP contribution in [0.3, 0.4) is 0 Å². The molecule has 1 heterocycles. The molecule has 0 saturated heterocycles. The third kappa shape index (κ3) is 2.30. The van der Waals surface area contributed by atoms with Gasteiger partial charge in [0, 0.05) is 11.1 Å². The number of nitrogens with zero attached hydrogens (tertiary/aromatic N) is 1. The van der Waals surface area contributed by atoms with Crippen molar-refractivity contribution in [3.63, 3.8) is 0 Å². The Bertz CT molecular complexity index is 760. The lowest BCUT2D eigenvalue weighted by Crippen LogP contribution is -1.89. The summed E-state index contributed by atoms with van der Waals surface area (Å²) < 4.78 is 0. The Balaban J connectivity index is 2.14. The molecular formula is C18H17NO. The second-order valence-corrected chi connectivity index (χ2v) is 5.17. The van der Waals surface area contributed by atoms with Gasteiger partial charge in [-0.05, 0) is 54.3 Å². The molecule has 20 heavy (non-hydrogen) atoms. The molecule has 0 aliphatic carbocycles. The van der Waals surface area contributed by atoms with Gasteiger partial charge in [0.1, 0.15) is 0 Å². The highest BCUT2D eigenvalue weighted by Gasteiger charge is 2.05. The van der Waals surface area contributed by atoms with Crippen molar-refractivity contribution in [2.45, 2.75) is 20.5 Å². The number of hydrogen-bond donors (Lipinski definition) is 1. The zero-order valence-corrected chi connectivity index (χ0v) is 11.7. The van der Waals surface area contributed by atoms with Crippen molar-refractivity contribution < 1.29 is 5.11 Å². The minimum absolute atomic E-state index is 0.0836. The maximum atomic E-state index is 9.10. The van der Waals surface area contributed by atoms with E-state index in [0.29, 0.717) is 0 Å². The molecule has 0 amide bonds. The highest BCUT2D eigenvalue weighted by molar-refractivity contribution is 5.87. The normalized spacial score (nSPS) is 10.9. The number of aliphatic hydroxyl groups excluding tert-OH is 1. The zero-order chi connectivity index (χ0) is 14.1. The summed E-state index contributed by atoms with van der Waals surface area (Å²) in [5.74, 6) is 0. The Morgan fingerprint density at radius 1 is 0.900 bits per heavy atom. The highest BCUT2D eigenvalue weighted by atomic mass is 16.3. The van der Waals surface area contributed by atoms with E-state index >= 15 is 0 Å². The maximum Gasteiger partial charge on any atom is 0.0734 e. The molecule has 3 rings (SSSR count). The molecule has 3 aromatic rings. The van der Waals surface area contributed by atoms with E-state index in [1.54, 1.807) is 0 Å². The SMILES string of the molecule is Cc1ccc2cc(-c3ccc(CO)cc3)cc(C)c2n1. The van der Waals surface area contributed by atoms with Gasteiger partial charge in [-0.15, -0.1) is 0 Å². The molecule has 0 atom stereocenters. The first kappa shape index (κ1) is 12.8. The maximum absolute atomic E-state index is 9.10. The van der Waals surface area contributed by atoms with Crippen molar-refractivity contribution in [2.24, 2.45) is 0 Å². The third-order valence-corrected chi connectivity index (χ3v) is 3.59. The van der Waals surface area contributed by atoms with Crippen molar-refractivity contribution in [3.05, 3.63) is 65.4 Å². The second-order valence-electron chi connectivity index (χ2n) is 5.17. The van der Waals surface area contributed by atoms with Crippen LogP contribution in [0.2, 0.25) is 0 Å². The summed E-state index contributed by atoms with van der Waals surface area (Å²) in [6.07, 6.45) is 0. The molecule has 0 aliphatic rings. The van der Waals surface area contributed by atoms with Gasteiger partial charge in [0.2, 0.25) is 0 Å². The standard InChI is InChI=1S/C18H17NO/c1-12-9-17(15-7-4-14(11-20)5-8-15)10-16-6-3-13(2)19-18(12)16/h3-10,20H,11H2,1-2H3. The lowest BCUT2D eigenvalue weighted by Gasteiger charge is -2.08. The van der Waals surface area contributed by atoms with Crippen molar-refractivity contribution in [1.82, 2.24) is 4.98 Å². The van der Waals surface area contributed by atoms with Crippen LogP contribution < -0.4 is 0 Å². The number of aryl methyl sites for hydroxylation is 2. The minimum atomic E-state index is 0.0836. The van der Waals surface area contributed by atoms with E-state index in [1.165, 1.54) is 11.1 Å². The molecule has 1 aromatic heterocycles. The molecule has 2 aromatic carbocycles. The molecule has 0 spiro atoms. The topological polar surface area (TPSA) is 33.1 Å². The van der Waals surface area contributed by atoms with E-state index in [9.17, 15) is 0 Å². The van der Waals surface area contributed by atoms with Gasteiger partial charge in [-0.25, -0.2) is 0 Å². The van der Waals surface area contributed by atoms with Gasteiger partial charge in [-0.2, -0.15) is 0 Å². The molecule has 2 heteroatoms. The summed E-state index contributed by atoms with van der Waals surface area (Å²) >= 11 is 0. The van der Waals surface area contributed by atoms with Crippen LogP contribution in [0.25, 0.3) is 22.0 Å². The predicted molar refractivity (Wildman–Crippen MR) is 82.6 cm³/mol. The molecule has 0 fully saturated rings. The number of aliphatic hydroxyl groups is 1. The van der Waals surface area contributed by atoms with Gasteiger partial charge in [-0.3, -0.25) is 4.98 Å². The van der Waals surface area contributed by atoms with Crippen LogP contribution >= 0.6 is 0 Å². The Morgan fingerprint density at radius 2 is 1.65 bits per heavy atom. The van der Waals surface area contributed by atoms with Crippen molar-refractivity contribution >= 4 is 10.9 Å². The number of aromatic nitrogens is 1. The number of benzene rings is 2. The first-order chi connectivity index (χ1) is 9.67. The molecule has 0 unspecified atom stereocenters. The Kier molecular flexibility index (Phi) is 3.25. The molecule has 2 nitrogen and oxygen atoms in total. The molecular weight excluding hydrogens is 246 g/mol. The molecule has 0 aliphatic heterocycles. The largest absolute Gasteiger partial charge is 0.392 e. The number of fused-ring (bicyclic) bond motifs is 1. The summed E-state index contributed by atoms with van der Waals surface area (Å²) in [5.41, 5.74) is 6.58. The molecule has 0 radical (unpaired) electrons. The first-order valence-corrected chi connectivity index (χ1v) is 6.75. The first-order valence-electron chi connectivity index (χ1n) is 6.75. The highest BCUT2D eigenvalue weighted by Crippen LogP contribution is 2.27. The lowest BCUT2D eigenvalue weighted by molar-refractivity contribution is 0.282. The smallest absolute Gasteiger partial charge is 0.0734 e. The van der Waals surface area contributed by atoms with Crippen LogP contribution in [0.1, 0.15) is 16.8 Å². The molecule has 1 N–H and O–H groups in total. The third-order valence-electron chi connectivity index (χ3n) is 3.59. The van der Waals surface area contributed by atoms with E-state index in [4.69, 9.17) is 5.11 Å². The summed E-state index contributed by atoms with van der Waals surface area (Å²) in [7, 11) is 0. The summed E-state index contributed by atoms with van der Waals surface area (Å²) in [5, 5.41) is 10.3. The summed E-state index contributed by atoms with van der Waals surface area (Å²) in [6.45, 7) is 4.20. The Labute approximate surface area is 118 Å². The molecule has 0 bridgehead atoms. The van der Waals surface area contributed by atoms with Crippen molar-refractivity contribution in [2.75, 3.05) is 0 Å². The van der Waals surface area contributed by atoms with Gasteiger partial charge in [-0.1, -0.05) is 30.3 Å². The molecule has 100 valence electrons. The van der Waals surface area contributed by atoms with Crippen LogP contribution in [0.15, 0.2) is 48.5 Å². The second kappa shape index (κ2) is 5.06. The van der Waals surface area contributed by atoms with Gasteiger partial charge in [0.05, 0.1) is 12.1 Å².